The summed E-state index contributed by atoms with van der Waals surface area (Å²) in [4.78, 5) is 33.9. The van der Waals surface area contributed by atoms with Crippen molar-refractivity contribution in [3.63, 3.8) is 0 Å². The number of H-pyrrole nitrogens is 1. The summed E-state index contributed by atoms with van der Waals surface area (Å²) in [6.07, 6.45) is 6.82. The molecule has 1 aromatic carbocycles. The van der Waals surface area contributed by atoms with Gasteiger partial charge in [-0.2, -0.15) is 0 Å². The van der Waals surface area contributed by atoms with Crippen LogP contribution >= 0.6 is 0 Å². The Labute approximate surface area is 148 Å². The van der Waals surface area contributed by atoms with Crippen molar-refractivity contribution in [2.45, 2.75) is 51.9 Å². The van der Waals surface area contributed by atoms with E-state index in [0.29, 0.717) is 29.6 Å². The lowest BCUT2D eigenvalue weighted by Gasteiger charge is -2.20. The Balaban J connectivity index is 1.60. The molecule has 2 heterocycles. The molecule has 25 heavy (non-hydrogen) atoms. The van der Waals surface area contributed by atoms with Gasteiger partial charge in [-0.25, -0.2) is 4.98 Å². The number of carbonyl (C=O) groups is 1. The van der Waals surface area contributed by atoms with Gasteiger partial charge in [0.15, 0.2) is 0 Å². The van der Waals surface area contributed by atoms with Crippen molar-refractivity contribution in [1.82, 2.24) is 14.9 Å². The molecule has 1 saturated heterocycles. The van der Waals surface area contributed by atoms with E-state index in [1.165, 1.54) is 19.3 Å². The molecule has 0 spiro atoms. The summed E-state index contributed by atoms with van der Waals surface area (Å²) in [6, 6.07) is 7.29. The maximum absolute atomic E-state index is 12.5. The van der Waals surface area contributed by atoms with Crippen LogP contribution in [0.4, 0.5) is 0 Å². The van der Waals surface area contributed by atoms with Crippen LogP contribution in [0.2, 0.25) is 0 Å². The van der Waals surface area contributed by atoms with E-state index in [4.69, 9.17) is 0 Å². The number of nitrogens with zero attached hydrogens (tertiary/aromatic N) is 2. The smallest absolute Gasteiger partial charge is 0.258 e. The Morgan fingerprint density at radius 3 is 2.96 bits per heavy atom. The average molecular weight is 341 g/mol. The first kappa shape index (κ1) is 17.6. The number of hydrogen-bond donors (Lipinski definition) is 1. The van der Waals surface area contributed by atoms with Gasteiger partial charge < -0.3 is 9.88 Å². The van der Waals surface area contributed by atoms with Crippen molar-refractivity contribution in [3.8, 4) is 0 Å². The van der Waals surface area contributed by atoms with E-state index < -0.39 is 0 Å². The highest BCUT2D eigenvalue weighted by molar-refractivity contribution is 5.78. The van der Waals surface area contributed by atoms with E-state index in [2.05, 4.69) is 16.9 Å². The number of benzene rings is 1. The summed E-state index contributed by atoms with van der Waals surface area (Å²) in [6.45, 7) is 3.96. The first-order valence-corrected chi connectivity index (χ1v) is 9.43. The third-order valence-electron chi connectivity index (χ3n) is 5.13. The predicted octanol–water partition coefficient (Wildman–Crippen LogP) is 3.28. The third-order valence-corrected chi connectivity index (χ3v) is 5.13. The minimum absolute atomic E-state index is 0.134. The molecule has 0 saturated carbocycles. The SMILES string of the molecule is CCC[C@H]1CCCN(C(=O)CCc2nc3ccccc3c(=O)[nH]2)CC1. The van der Waals surface area contributed by atoms with Crippen LogP contribution in [-0.2, 0) is 11.2 Å². The Hall–Kier alpha value is -2.17. The standard InChI is InChI=1S/C20H27N3O2/c1-2-6-15-7-5-13-23(14-12-15)19(24)11-10-18-21-17-9-4-3-8-16(17)20(25)22-18/h3-4,8-9,15H,2,5-7,10-14H2,1H3,(H,21,22,25)/t15-/m0/s1. The summed E-state index contributed by atoms with van der Waals surface area (Å²) < 4.78 is 0. The van der Waals surface area contributed by atoms with Crippen molar-refractivity contribution in [2.75, 3.05) is 13.1 Å². The number of rotatable bonds is 5. The molecule has 1 aromatic heterocycles. The van der Waals surface area contributed by atoms with Crippen LogP contribution in [0.25, 0.3) is 10.9 Å². The van der Waals surface area contributed by atoms with Crippen molar-refractivity contribution in [3.05, 3.63) is 40.4 Å². The molecule has 0 bridgehead atoms. The number of carbonyl (C=O) groups excluding carboxylic acids is 1. The van der Waals surface area contributed by atoms with Gasteiger partial charge in [-0.3, -0.25) is 9.59 Å². The minimum atomic E-state index is -0.134. The molecular formula is C20H27N3O2. The molecular weight excluding hydrogens is 314 g/mol. The van der Waals surface area contributed by atoms with Gasteiger partial charge in [-0.15, -0.1) is 0 Å². The van der Waals surface area contributed by atoms with Crippen molar-refractivity contribution in [2.24, 2.45) is 5.92 Å². The van der Waals surface area contributed by atoms with Crippen LogP contribution in [0.15, 0.2) is 29.1 Å². The molecule has 5 heteroatoms. The zero-order valence-corrected chi connectivity index (χ0v) is 15.0. The Kier molecular flexibility index (Phi) is 5.84. The summed E-state index contributed by atoms with van der Waals surface area (Å²) in [7, 11) is 0. The molecule has 3 rings (SSSR count). The van der Waals surface area contributed by atoms with Crippen LogP contribution < -0.4 is 5.56 Å². The van der Waals surface area contributed by atoms with Crippen LogP contribution in [0.1, 0.15) is 51.3 Å². The van der Waals surface area contributed by atoms with E-state index >= 15 is 0 Å². The first-order valence-electron chi connectivity index (χ1n) is 9.43. The molecule has 1 aliphatic rings. The number of aryl methyl sites for hydroxylation is 1. The normalized spacial score (nSPS) is 18.3. The zero-order chi connectivity index (χ0) is 17.6. The lowest BCUT2D eigenvalue weighted by Crippen LogP contribution is -2.32. The van der Waals surface area contributed by atoms with Gasteiger partial charge in [-0.1, -0.05) is 31.9 Å². The maximum Gasteiger partial charge on any atom is 0.258 e. The highest BCUT2D eigenvalue weighted by atomic mass is 16.2. The molecule has 0 aliphatic carbocycles. The van der Waals surface area contributed by atoms with Crippen molar-refractivity contribution >= 4 is 16.8 Å². The van der Waals surface area contributed by atoms with Crippen LogP contribution in [0, 0.1) is 5.92 Å². The Bertz CT molecular complexity index is 784. The largest absolute Gasteiger partial charge is 0.343 e. The lowest BCUT2D eigenvalue weighted by molar-refractivity contribution is -0.131. The number of amides is 1. The topological polar surface area (TPSA) is 66.1 Å². The minimum Gasteiger partial charge on any atom is -0.343 e. The average Bonchev–Trinajstić information content (AvgIpc) is 2.86. The number of likely N-dealkylation sites (tertiary alicyclic amines) is 1. The van der Waals surface area contributed by atoms with Gasteiger partial charge in [-0.05, 0) is 37.3 Å². The van der Waals surface area contributed by atoms with E-state index in [0.717, 1.165) is 31.8 Å². The fourth-order valence-corrected chi connectivity index (χ4v) is 3.75. The van der Waals surface area contributed by atoms with Crippen LogP contribution in [-0.4, -0.2) is 33.9 Å². The quantitative estimate of drug-likeness (QED) is 0.907. The summed E-state index contributed by atoms with van der Waals surface area (Å²) in [5.41, 5.74) is 0.552. The number of fused-ring (bicyclic) bond motifs is 1. The lowest BCUT2D eigenvalue weighted by atomic mass is 9.96. The van der Waals surface area contributed by atoms with E-state index in [9.17, 15) is 9.59 Å². The van der Waals surface area contributed by atoms with Gasteiger partial charge in [0.1, 0.15) is 5.82 Å². The Morgan fingerprint density at radius 1 is 1.28 bits per heavy atom. The molecule has 1 amide bonds. The van der Waals surface area contributed by atoms with Crippen molar-refractivity contribution < 1.29 is 4.79 Å². The number of aromatic amines is 1. The number of para-hydroxylation sites is 1. The van der Waals surface area contributed by atoms with Crippen LogP contribution in [0.3, 0.4) is 0 Å². The second-order valence-corrected chi connectivity index (χ2v) is 7.00. The fourth-order valence-electron chi connectivity index (χ4n) is 3.75. The van der Waals surface area contributed by atoms with E-state index in [1.807, 2.05) is 23.1 Å². The van der Waals surface area contributed by atoms with E-state index in [-0.39, 0.29) is 11.5 Å². The molecule has 134 valence electrons. The molecule has 5 nitrogen and oxygen atoms in total. The highest BCUT2D eigenvalue weighted by Gasteiger charge is 2.20. The molecule has 1 aliphatic heterocycles. The second-order valence-electron chi connectivity index (χ2n) is 7.00. The number of hydrogen-bond acceptors (Lipinski definition) is 3. The van der Waals surface area contributed by atoms with Gasteiger partial charge in [0, 0.05) is 25.9 Å². The first-order chi connectivity index (χ1) is 12.2. The molecule has 0 unspecified atom stereocenters. The van der Waals surface area contributed by atoms with E-state index in [1.54, 1.807) is 6.07 Å². The predicted molar refractivity (Wildman–Crippen MR) is 99.5 cm³/mol. The molecule has 1 fully saturated rings. The summed E-state index contributed by atoms with van der Waals surface area (Å²) in [5.74, 6) is 1.53. The molecule has 2 aromatic rings. The van der Waals surface area contributed by atoms with Gasteiger partial charge >= 0.3 is 0 Å². The number of nitrogens with one attached hydrogen (secondary N) is 1. The third kappa shape index (κ3) is 4.47. The molecule has 1 N–H and O–H groups in total. The maximum atomic E-state index is 12.5. The zero-order valence-electron chi connectivity index (χ0n) is 15.0. The summed E-state index contributed by atoms with van der Waals surface area (Å²) in [5, 5.41) is 0.590. The van der Waals surface area contributed by atoms with Crippen LogP contribution in [0.5, 0.6) is 0 Å². The van der Waals surface area contributed by atoms with Gasteiger partial charge in [0.25, 0.3) is 5.56 Å². The van der Waals surface area contributed by atoms with Gasteiger partial charge in [0.05, 0.1) is 10.9 Å². The summed E-state index contributed by atoms with van der Waals surface area (Å²) >= 11 is 0. The second kappa shape index (κ2) is 8.28. The van der Waals surface area contributed by atoms with Crippen molar-refractivity contribution in [1.29, 1.82) is 0 Å². The number of aromatic nitrogens is 2. The van der Waals surface area contributed by atoms with Gasteiger partial charge in [0.2, 0.25) is 5.91 Å². The monoisotopic (exact) mass is 341 g/mol. The molecule has 0 radical (unpaired) electrons. The fraction of sp³-hybridized carbons (Fsp3) is 0.550. The highest BCUT2D eigenvalue weighted by Crippen LogP contribution is 2.22. The molecule has 1 atom stereocenters. The Morgan fingerprint density at radius 2 is 2.12 bits per heavy atom.